The fraction of sp³-hybridized carbons (Fsp3) is 0.429. The first kappa shape index (κ1) is 14.5. The maximum absolute atomic E-state index is 12.6. The summed E-state index contributed by atoms with van der Waals surface area (Å²) in [5.74, 6) is -0.885. The van der Waals surface area contributed by atoms with Crippen LogP contribution in [0.25, 0.3) is 0 Å². The van der Waals surface area contributed by atoms with Crippen LogP contribution < -0.4 is 9.38 Å². The third kappa shape index (κ3) is 2.81. The van der Waals surface area contributed by atoms with E-state index in [-0.39, 0.29) is 19.6 Å². The van der Waals surface area contributed by atoms with Crippen molar-refractivity contribution in [1.29, 1.82) is 0 Å². The van der Waals surface area contributed by atoms with Gasteiger partial charge in [-0.15, -0.1) is 0 Å². The first-order chi connectivity index (χ1) is 9.43. The highest BCUT2D eigenvalue weighted by atomic mass is 16.6. The molecule has 1 aromatic rings. The summed E-state index contributed by atoms with van der Waals surface area (Å²) in [6.07, 6.45) is 1.13. The summed E-state index contributed by atoms with van der Waals surface area (Å²) in [6.45, 7) is 1.56. The zero-order chi connectivity index (χ0) is 14.8. The number of aliphatic carboxylic acids is 1. The first-order valence-electron chi connectivity index (χ1n) is 6.52. The number of aryl methyl sites for hydroxylation is 1. The topological polar surface area (TPSA) is 86.7 Å². The standard InChI is InChI=1S/C14H17NO5/c1-10(16)15(19)7-8-20-13-6-5-11(9-12(13)15)3-2-4-14(17)18/h5-6,9H,2-4,7-8H2,1H3,(H,17,18). The Kier molecular flexibility index (Phi) is 4.06. The number of carbonyl (C=O) groups excluding carboxylic acids is 1. The highest BCUT2D eigenvalue weighted by Crippen LogP contribution is 2.37. The average Bonchev–Trinajstić information content (AvgIpc) is 2.39. The van der Waals surface area contributed by atoms with E-state index in [0.717, 1.165) is 5.56 Å². The minimum absolute atomic E-state index is 0.0703. The molecule has 6 heteroatoms. The van der Waals surface area contributed by atoms with E-state index >= 15 is 0 Å². The highest BCUT2D eigenvalue weighted by molar-refractivity contribution is 5.89. The van der Waals surface area contributed by atoms with Crippen LogP contribution in [0.15, 0.2) is 18.2 Å². The monoisotopic (exact) mass is 279 g/mol. The van der Waals surface area contributed by atoms with Gasteiger partial charge in [0, 0.05) is 12.5 Å². The third-order valence-electron chi connectivity index (χ3n) is 3.44. The molecule has 1 heterocycles. The van der Waals surface area contributed by atoms with Crippen LogP contribution >= 0.6 is 0 Å². The Hall–Kier alpha value is -1.92. The predicted octanol–water partition coefficient (Wildman–Crippen LogP) is 1.84. The quantitative estimate of drug-likeness (QED) is 0.671. The van der Waals surface area contributed by atoms with Crippen molar-refractivity contribution in [1.82, 2.24) is 4.65 Å². The van der Waals surface area contributed by atoms with Gasteiger partial charge in [-0.1, -0.05) is 6.07 Å². The minimum atomic E-state index is -1.01. The summed E-state index contributed by atoms with van der Waals surface area (Å²) >= 11 is 0. The average molecular weight is 279 g/mol. The molecule has 0 bridgehead atoms. The van der Waals surface area contributed by atoms with Crippen LogP contribution in [-0.2, 0) is 16.0 Å². The van der Waals surface area contributed by atoms with Crippen LogP contribution in [-0.4, -0.2) is 30.1 Å². The van der Waals surface area contributed by atoms with Crippen LogP contribution in [0.2, 0.25) is 0 Å². The molecule has 1 aliphatic heterocycles. The number of carboxylic acids is 1. The minimum Gasteiger partial charge on any atom is -0.620 e. The summed E-state index contributed by atoms with van der Waals surface area (Å²) in [6, 6.07) is 5.14. The van der Waals surface area contributed by atoms with Crippen molar-refractivity contribution in [2.24, 2.45) is 0 Å². The van der Waals surface area contributed by atoms with E-state index < -0.39 is 16.5 Å². The molecule has 0 aromatic heterocycles. The lowest BCUT2D eigenvalue weighted by molar-refractivity contribution is -0.137. The van der Waals surface area contributed by atoms with Crippen LogP contribution in [0.1, 0.15) is 25.3 Å². The molecule has 1 unspecified atom stereocenters. The molecule has 0 aliphatic carbocycles. The van der Waals surface area contributed by atoms with Crippen LogP contribution in [0.5, 0.6) is 5.75 Å². The van der Waals surface area contributed by atoms with E-state index in [0.29, 0.717) is 24.3 Å². The molecule has 20 heavy (non-hydrogen) atoms. The summed E-state index contributed by atoms with van der Waals surface area (Å²) in [5, 5.41) is 21.2. The molecule has 1 amide bonds. The summed E-state index contributed by atoms with van der Waals surface area (Å²) in [4.78, 5) is 22.1. The zero-order valence-corrected chi connectivity index (χ0v) is 11.3. The Bertz CT molecular complexity index is 542. The van der Waals surface area contributed by atoms with Gasteiger partial charge in [-0.2, -0.15) is 0 Å². The second-order valence-electron chi connectivity index (χ2n) is 4.88. The smallest absolute Gasteiger partial charge is 0.315 e. The van der Waals surface area contributed by atoms with Gasteiger partial charge in [-0.05, 0) is 24.5 Å². The predicted molar refractivity (Wildman–Crippen MR) is 73.2 cm³/mol. The number of carbonyl (C=O) groups is 2. The van der Waals surface area contributed by atoms with Crippen molar-refractivity contribution in [2.75, 3.05) is 13.2 Å². The van der Waals surface area contributed by atoms with E-state index in [1.165, 1.54) is 6.92 Å². The number of quaternary nitrogens is 1. The maximum atomic E-state index is 12.6. The molecule has 0 saturated carbocycles. The van der Waals surface area contributed by atoms with Crippen LogP contribution in [0.4, 0.5) is 5.69 Å². The zero-order valence-electron chi connectivity index (χ0n) is 11.3. The van der Waals surface area contributed by atoms with Gasteiger partial charge >= 0.3 is 11.9 Å². The number of hydroxylamine groups is 2. The van der Waals surface area contributed by atoms with Crippen LogP contribution in [0.3, 0.4) is 0 Å². The molecule has 2 rings (SSSR count). The normalized spacial score (nSPS) is 20.9. The number of carboxylic acid groups (broad SMARTS) is 1. The highest BCUT2D eigenvalue weighted by Gasteiger charge is 2.34. The molecule has 1 atom stereocenters. The largest absolute Gasteiger partial charge is 0.620 e. The molecule has 108 valence electrons. The van der Waals surface area contributed by atoms with E-state index in [1.54, 1.807) is 18.2 Å². The molecule has 0 fully saturated rings. The van der Waals surface area contributed by atoms with Gasteiger partial charge in [0.15, 0.2) is 11.4 Å². The number of amides is 1. The Morgan fingerprint density at radius 1 is 1.45 bits per heavy atom. The molecular weight excluding hydrogens is 262 g/mol. The SMILES string of the molecule is CC(=O)[N+]1([O-])CCOc2ccc(CCCC(=O)O)cc21. The lowest BCUT2D eigenvalue weighted by Gasteiger charge is -2.41. The Morgan fingerprint density at radius 2 is 2.20 bits per heavy atom. The van der Waals surface area contributed by atoms with E-state index in [1.807, 2.05) is 0 Å². The van der Waals surface area contributed by atoms with Gasteiger partial charge < -0.3 is 15.1 Å². The molecule has 0 saturated heterocycles. The van der Waals surface area contributed by atoms with Gasteiger partial charge in [0.2, 0.25) is 0 Å². The van der Waals surface area contributed by atoms with E-state index in [2.05, 4.69) is 0 Å². The number of hydrogen-bond acceptors (Lipinski definition) is 4. The molecular formula is C14H17NO5. The Morgan fingerprint density at radius 3 is 2.85 bits per heavy atom. The number of hydrogen-bond donors (Lipinski definition) is 1. The fourth-order valence-corrected chi connectivity index (χ4v) is 2.30. The van der Waals surface area contributed by atoms with Crippen molar-refractivity contribution < 1.29 is 19.4 Å². The van der Waals surface area contributed by atoms with E-state index in [4.69, 9.17) is 9.84 Å². The van der Waals surface area contributed by atoms with Gasteiger partial charge in [0.05, 0.1) is 6.92 Å². The van der Waals surface area contributed by atoms with Crippen molar-refractivity contribution in [3.05, 3.63) is 29.0 Å². The summed E-state index contributed by atoms with van der Waals surface area (Å²) in [5.41, 5.74) is 1.16. The van der Waals surface area contributed by atoms with E-state index in [9.17, 15) is 14.8 Å². The van der Waals surface area contributed by atoms with Gasteiger partial charge in [-0.25, -0.2) is 4.79 Å². The Balaban J connectivity index is 2.24. The second kappa shape index (κ2) is 5.60. The Labute approximate surface area is 116 Å². The van der Waals surface area contributed by atoms with Crippen molar-refractivity contribution in [3.8, 4) is 5.75 Å². The van der Waals surface area contributed by atoms with Gasteiger partial charge in [0.25, 0.3) is 0 Å². The second-order valence-corrected chi connectivity index (χ2v) is 4.88. The first-order valence-corrected chi connectivity index (χ1v) is 6.52. The maximum Gasteiger partial charge on any atom is 0.315 e. The van der Waals surface area contributed by atoms with Gasteiger partial charge in [-0.3, -0.25) is 9.44 Å². The summed E-state index contributed by atoms with van der Waals surface area (Å²) < 4.78 is 4.39. The molecule has 1 aromatic carbocycles. The lowest BCUT2D eigenvalue weighted by Crippen LogP contribution is -2.52. The van der Waals surface area contributed by atoms with Gasteiger partial charge in [0.1, 0.15) is 13.2 Å². The number of nitrogens with zero attached hydrogens (tertiary/aromatic N) is 1. The molecule has 0 radical (unpaired) electrons. The molecule has 0 spiro atoms. The lowest BCUT2D eigenvalue weighted by atomic mass is 10.1. The van der Waals surface area contributed by atoms with Crippen LogP contribution in [0, 0.1) is 5.21 Å². The number of rotatable bonds is 4. The molecule has 6 nitrogen and oxygen atoms in total. The number of fused-ring (bicyclic) bond motifs is 1. The third-order valence-corrected chi connectivity index (χ3v) is 3.44. The number of benzene rings is 1. The molecule has 1 aliphatic rings. The van der Waals surface area contributed by atoms with Crippen molar-refractivity contribution in [2.45, 2.75) is 26.2 Å². The summed E-state index contributed by atoms with van der Waals surface area (Å²) in [7, 11) is 0. The number of ether oxygens (including phenoxy) is 1. The van der Waals surface area contributed by atoms with Crippen molar-refractivity contribution >= 4 is 17.6 Å². The fourth-order valence-electron chi connectivity index (χ4n) is 2.30. The van der Waals surface area contributed by atoms with Crippen molar-refractivity contribution in [3.63, 3.8) is 0 Å². The molecule has 1 N–H and O–H groups in total.